The second-order valence-electron chi connectivity index (χ2n) is 4.87. The number of aliphatic imine (C=N–C) groups is 1. The van der Waals surface area contributed by atoms with Crippen LogP contribution < -0.4 is 5.73 Å². The van der Waals surface area contributed by atoms with Crippen molar-refractivity contribution in [3.05, 3.63) is 59.3 Å². The van der Waals surface area contributed by atoms with Crippen LogP contribution in [0.4, 0.5) is 5.69 Å². The Balaban J connectivity index is 2.83. The molecule has 0 amide bonds. The molecular weight excluding hydrogens is 244 g/mol. The summed E-state index contributed by atoms with van der Waals surface area (Å²) in [6.45, 7) is 8.35. The van der Waals surface area contributed by atoms with Crippen molar-refractivity contribution in [3.8, 4) is 0 Å². The van der Waals surface area contributed by atoms with E-state index in [1.165, 1.54) is 22.3 Å². The van der Waals surface area contributed by atoms with Crippen LogP contribution in [-0.4, -0.2) is 6.21 Å². The molecule has 0 fully saturated rings. The number of nitrogen functional groups attached to an aromatic ring is 1. The smallest absolute Gasteiger partial charge is 0.0314 e. The topological polar surface area (TPSA) is 38.4 Å². The Morgan fingerprint density at radius 3 is 2.30 bits per heavy atom. The molecule has 0 bridgehead atoms. The standard InChI is InChI=1S/C18H24N2/c1-5-12-20-13-16(4)14(2)6-7-15(3)17-8-10-18(19)11-9-17/h6-13H,5,19H2,1-4H3/b14-6+,15-7+,16-13+,20-12?. The molecule has 2 heteroatoms. The lowest BCUT2D eigenvalue weighted by molar-refractivity contribution is 1.28. The summed E-state index contributed by atoms with van der Waals surface area (Å²) in [4.78, 5) is 4.24. The van der Waals surface area contributed by atoms with Crippen molar-refractivity contribution in [1.82, 2.24) is 0 Å². The molecule has 2 nitrogen and oxygen atoms in total. The molecule has 1 aromatic carbocycles. The van der Waals surface area contributed by atoms with Gasteiger partial charge in [-0.1, -0.05) is 31.2 Å². The molecule has 0 aliphatic heterocycles. The van der Waals surface area contributed by atoms with Gasteiger partial charge < -0.3 is 5.73 Å². The van der Waals surface area contributed by atoms with Crippen molar-refractivity contribution in [1.29, 1.82) is 0 Å². The van der Waals surface area contributed by atoms with E-state index in [1.54, 1.807) is 0 Å². The number of allylic oxidation sites excluding steroid dienone is 5. The molecule has 0 spiro atoms. The molecule has 0 aliphatic carbocycles. The lowest BCUT2D eigenvalue weighted by Gasteiger charge is -2.02. The van der Waals surface area contributed by atoms with Crippen molar-refractivity contribution in [3.63, 3.8) is 0 Å². The zero-order valence-electron chi connectivity index (χ0n) is 12.9. The normalized spacial score (nSPS) is 14.1. The third-order valence-corrected chi connectivity index (χ3v) is 3.13. The van der Waals surface area contributed by atoms with E-state index in [9.17, 15) is 0 Å². The monoisotopic (exact) mass is 268 g/mol. The van der Waals surface area contributed by atoms with Gasteiger partial charge in [0, 0.05) is 18.1 Å². The van der Waals surface area contributed by atoms with Gasteiger partial charge in [-0.2, -0.15) is 0 Å². The fourth-order valence-corrected chi connectivity index (χ4v) is 1.60. The highest BCUT2D eigenvalue weighted by atomic mass is 14.7. The SMILES string of the molecule is CCC=N/C=C(C)/C(C)=C/C=C(\C)c1ccc(N)cc1. The summed E-state index contributed by atoms with van der Waals surface area (Å²) < 4.78 is 0. The third kappa shape index (κ3) is 5.27. The van der Waals surface area contributed by atoms with Gasteiger partial charge in [0.1, 0.15) is 0 Å². The van der Waals surface area contributed by atoms with Gasteiger partial charge in [-0.15, -0.1) is 0 Å². The van der Waals surface area contributed by atoms with Crippen LogP contribution in [-0.2, 0) is 0 Å². The summed E-state index contributed by atoms with van der Waals surface area (Å²) in [5.74, 6) is 0. The predicted octanol–water partition coefficient (Wildman–Crippen LogP) is 5.00. The molecule has 2 N–H and O–H groups in total. The molecule has 0 saturated heterocycles. The zero-order valence-corrected chi connectivity index (χ0v) is 12.9. The molecule has 1 aromatic rings. The zero-order chi connectivity index (χ0) is 15.0. The predicted molar refractivity (Wildman–Crippen MR) is 90.8 cm³/mol. The van der Waals surface area contributed by atoms with E-state index < -0.39 is 0 Å². The van der Waals surface area contributed by atoms with Crippen molar-refractivity contribution < 1.29 is 0 Å². The molecule has 0 unspecified atom stereocenters. The first-order chi connectivity index (χ1) is 9.54. The number of benzene rings is 1. The summed E-state index contributed by atoms with van der Waals surface area (Å²) in [6.07, 6.45) is 9.03. The second kappa shape index (κ2) is 8.16. The van der Waals surface area contributed by atoms with E-state index >= 15 is 0 Å². The molecule has 1 rings (SSSR count). The summed E-state index contributed by atoms with van der Waals surface area (Å²) in [6, 6.07) is 7.93. The Hall–Kier alpha value is -2.09. The van der Waals surface area contributed by atoms with Gasteiger partial charge in [-0.3, -0.25) is 4.99 Å². The van der Waals surface area contributed by atoms with Crippen LogP contribution in [0.15, 0.2) is 58.8 Å². The summed E-state index contributed by atoms with van der Waals surface area (Å²) in [7, 11) is 0. The van der Waals surface area contributed by atoms with Crippen molar-refractivity contribution in [2.45, 2.75) is 34.1 Å². The van der Waals surface area contributed by atoms with Gasteiger partial charge in [0.25, 0.3) is 0 Å². The van der Waals surface area contributed by atoms with Gasteiger partial charge in [0.2, 0.25) is 0 Å². The number of nitrogens with two attached hydrogens (primary N) is 1. The third-order valence-electron chi connectivity index (χ3n) is 3.13. The number of rotatable bonds is 5. The van der Waals surface area contributed by atoms with Crippen molar-refractivity contribution >= 4 is 17.5 Å². The second-order valence-corrected chi connectivity index (χ2v) is 4.87. The van der Waals surface area contributed by atoms with Crippen molar-refractivity contribution in [2.75, 3.05) is 5.73 Å². The number of hydrogen-bond donors (Lipinski definition) is 1. The first-order valence-corrected chi connectivity index (χ1v) is 6.94. The lowest BCUT2D eigenvalue weighted by Crippen LogP contribution is -1.85. The fourth-order valence-electron chi connectivity index (χ4n) is 1.60. The first kappa shape index (κ1) is 16.0. The van der Waals surface area contributed by atoms with Gasteiger partial charge in [-0.25, -0.2) is 0 Å². The van der Waals surface area contributed by atoms with Crippen LogP contribution in [0.25, 0.3) is 5.57 Å². The maximum atomic E-state index is 5.69. The minimum absolute atomic E-state index is 0.792. The Morgan fingerprint density at radius 2 is 1.70 bits per heavy atom. The van der Waals surface area contributed by atoms with Crippen LogP contribution in [0, 0.1) is 0 Å². The quantitative estimate of drug-likeness (QED) is 0.455. The van der Waals surface area contributed by atoms with Crippen LogP contribution in [0.5, 0.6) is 0 Å². The van der Waals surface area contributed by atoms with Crippen LogP contribution >= 0.6 is 0 Å². The molecule has 0 saturated carbocycles. The minimum atomic E-state index is 0.792. The highest BCUT2D eigenvalue weighted by Gasteiger charge is 1.95. The average molecular weight is 268 g/mol. The largest absolute Gasteiger partial charge is 0.399 e. The van der Waals surface area contributed by atoms with Crippen molar-refractivity contribution in [2.24, 2.45) is 4.99 Å². The Bertz CT molecular complexity index is 543. The Kier molecular flexibility index (Phi) is 6.51. The molecule has 0 atom stereocenters. The van der Waals surface area contributed by atoms with E-state index in [0.717, 1.165) is 12.1 Å². The summed E-state index contributed by atoms with van der Waals surface area (Å²) in [5, 5.41) is 0. The van der Waals surface area contributed by atoms with Gasteiger partial charge >= 0.3 is 0 Å². The van der Waals surface area contributed by atoms with Crippen LogP contribution in [0.2, 0.25) is 0 Å². The van der Waals surface area contributed by atoms with E-state index in [1.807, 2.05) is 36.7 Å². The Morgan fingerprint density at radius 1 is 1.05 bits per heavy atom. The number of anilines is 1. The fraction of sp³-hybridized carbons (Fsp3) is 0.278. The molecular formula is C18H24N2. The van der Waals surface area contributed by atoms with Crippen LogP contribution in [0.3, 0.4) is 0 Å². The molecule has 0 aliphatic rings. The maximum Gasteiger partial charge on any atom is 0.0314 e. The summed E-state index contributed by atoms with van der Waals surface area (Å²) in [5.41, 5.74) is 11.3. The number of hydrogen-bond acceptors (Lipinski definition) is 2. The molecule has 0 heterocycles. The molecule has 0 aromatic heterocycles. The highest BCUT2D eigenvalue weighted by Crippen LogP contribution is 2.17. The minimum Gasteiger partial charge on any atom is -0.399 e. The Labute approximate surface area is 122 Å². The maximum absolute atomic E-state index is 5.69. The van der Waals surface area contributed by atoms with E-state index in [4.69, 9.17) is 5.73 Å². The lowest BCUT2D eigenvalue weighted by atomic mass is 10.0. The van der Waals surface area contributed by atoms with E-state index in [0.29, 0.717) is 0 Å². The summed E-state index contributed by atoms with van der Waals surface area (Å²) >= 11 is 0. The molecule has 0 radical (unpaired) electrons. The van der Waals surface area contributed by atoms with Gasteiger partial charge in [0.05, 0.1) is 0 Å². The molecule has 20 heavy (non-hydrogen) atoms. The van der Waals surface area contributed by atoms with E-state index in [-0.39, 0.29) is 0 Å². The van der Waals surface area contributed by atoms with Crippen LogP contribution in [0.1, 0.15) is 39.7 Å². The number of nitrogens with zero attached hydrogens (tertiary/aromatic N) is 1. The first-order valence-electron chi connectivity index (χ1n) is 6.94. The van der Waals surface area contributed by atoms with Gasteiger partial charge in [0.15, 0.2) is 0 Å². The molecule has 106 valence electrons. The van der Waals surface area contributed by atoms with Gasteiger partial charge in [-0.05, 0) is 61.6 Å². The average Bonchev–Trinajstić information content (AvgIpc) is 2.45. The highest BCUT2D eigenvalue weighted by molar-refractivity contribution is 5.67. The van der Waals surface area contributed by atoms with E-state index in [2.05, 4.69) is 44.8 Å².